The van der Waals surface area contributed by atoms with Crippen molar-refractivity contribution in [2.24, 2.45) is 34.5 Å². The number of aliphatic hydroxyl groups is 2. The van der Waals surface area contributed by atoms with Gasteiger partial charge >= 0.3 is 0 Å². The maximum Gasteiger partial charge on any atom is 0.192 e. The van der Waals surface area contributed by atoms with Crippen molar-refractivity contribution < 1.29 is 28.5 Å². The molecule has 4 aliphatic carbocycles. The van der Waals surface area contributed by atoms with Crippen LogP contribution in [0.1, 0.15) is 93.9 Å². The summed E-state index contributed by atoms with van der Waals surface area (Å²) in [6, 6.07) is 0. The summed E-state index contributed by atoms with van der Waals surface area (Å²) < 4.78 is 27.3. The van der Waals surface area contributed by atoms with Crippen molar-refractivity contribution in [2.75, 3.05) is 13.2 Å². The van der Waals surface area contributed by atoms with Gasteiger partial charge in [-0.15, -0.1) is 0 Å². The molecule has 4 saturated carbocycles. The van der Waals surface area contributed by atoms with Crippen LogP contribution in [0.3, 0.4) is 0 Å². The van der Waals surface area contributed by atoms with Gasteiger partial charge in [-0.3, -0.25) is 0 Å². The Morgan fingerprint density at radius 3 is 1.88 bits per heavy atom. The Bertz CT molecular complexity index is 981. The molecular weight excluding hydrogens is 549 g/mol. The molecule has 5 aliphatic rings. The second kappa shape index (κ2) is 10.1. The van der Waals surface area contributed by atoms with Gasteiger partial charge in [-0.05, 0) is 97.5 Å². The van der Waals surface area contributed by atoms with E-state index in [0.29, 0.717) is 13.2 Å². The topological polar surface area (TPSA) is 77.4 Å². The first-order valence-corrected chi connectivity index (χ1v) is 22.4. The molecule has 5 fully saturated rings. The zero-order chi connectivity index (χ0) is 30.6. The summed E-state index contributed by atoms with van der Waals surface area (Å²) in [5, 5.41) is 24.3. The smallest absolute Gasteiger partial charge is 0.192 e. The lowest BCUT2D eigenvalue weighted by Crippen LogP contribution is -2.70. The van der Waals surface area contributed by atoms with E-state index >= 15 is 0 Å². The molecule has 1 spiro atoms. The number of rotatable bonds is 4. The highest BCUT2D eigenvalue weighted by molar-refractivity contribution is 6.74. The summed E-state index contributed by atoms with van der Waals surface area (Å²) in [7, 11) is -4.09. The minimum Gasteiger partial charge on any atom is -0.414 e. The van der Waals surface area contributed by atoms with E-state index < -0.39 is 34.6 Å². The van der Waals surface area contributed by atoms with Gasteiger partial charge in [-0.25, -0.2) is 0 Å². The third kappa shape index (κ3) is 4.92. The highest BCUT2D eigenvalue weighted by Crippen LogP contribution is 2.70. The van der Waals surface area contributed by atoms with E-state index in [4.69, 9.17) is 18.3 Å². The van der Waals surface area contributed by atoms with E-state index in [9.17, 15) is 10.2 Å². The molecular formula is C33H62O6Si2. The molecule has 6 nitrogen and oxygen atoms in total. The van der Waals surface area contributed by atoms with Gasteiger partial charge in [-0.2, -0.15) is 0 Å². The summed E-state index contributed by atoms with van der Waals surface area (Å²) in [5.74, 6) is -0.234. The molecule has 0 aromatic rings. The van der Waals surface area contributed by atoms with Crippen molar-refractivity contribution in [2.45, 2.75) is 160 Å². The van der Waals surface area contributed by atoms with E-state index in [2.05, 4.69) is 81.6 Å². The van der Waals surface area contributed by atoms with Gasteiger partial charge in [0.15, 0.2) is 22.4 Å². The zero-order valence-corrected chi connectivity index (χ0v) is 30.3. The minimum absolute atomic E-state index is 0.00238. The van der Waals surface area contributed by atoms with E-state index in [-0.39, 0.29) is 56.8 Å². The van der Waals surface area contributed by atoms with Crippen LogP contribution in [0.5, 0.6) is 0 Å². The normalized spacial score (nSPS) is 44.9. The molecule has 8 heteroatoms. The summed E-state index contributed by atoms with van der Waals surface area (Å²) in [6.07, 6.45) is 4.13. The molecule has 238 valence electrons. The van der Waals surface area contributed by atoms with Crippen LogP contribution in [0.15, 0.2) is 0 Å². The molecule has 0 bridgehead atoms. The van der Waals surface area contributed by atoms with Gasteiger partial charge in [0, 0.05) is 24.0 Å². The first kappa shape index (κ1) is 32.6. The van der Waals surface area contributed by atoms with E-state index in [1.54, 1.807) is 0 Å². The molecule has 0 amide bonds. The number of hydrogen-bond donors (Lipinski definition) is 2. The Balaban J connectivity index is 1.54. The SMILES string of the molecule is CC(C)(C)[Si](C)(C)O[C@H]1CC[C@]2(C)[C@@H]3[C@@H]([C@@H](O)[C@H](O)[C@H]2C1)[C@@H]1CCC2(OCCO2)[C@@]1(C)C[C@@H]3O[Si](C)(C)C(C)(C)C. The first-order chi connectivity index (χ1) is 18.6. The Morgan fingerprint density at radius 1 is 0.756 bits per heavy atom. The molecule has 1 heterocycles. The Labute approximate surface area is 252 Å². The van der Waals surface area contributed by atoms with Gasteiger partial charge in [-0.1, -0.05) is 55.4 Å². The largest absolute Gasteiger partial charge is 0.414 e. The summed E-state index contributed by atoms with van der Waals surface area (Å²) in [6.45, 7) is 29.2. The standard InChI is InChI=1S/C33H62O6Si2/c1-29(2,3)40(9,10)38-21-13-15-31(7)23(19-21)27(34)28(35)25-22-14-16-33(36-17-18-37-33)32(22,8)20-24(26(25)31)39-41(11,12)30(4,5)6/h21-28,34-35H,13-20H2,1-12H3/t21-,22-,23+,24-,25-,26-,27+,28+,31-,32-/m0/s1. The van der Waals surface area contributed by atoms with Crippen LogP contribution in [-0.2, 0) is 18.3 Å². The average molecular weight is 611 g/mol. The second-order valence-corrected chi connectivity index (χ2v) is 27.6. The first-order valence-electron chi connectivity index (χ1n) is 16.6. The maximum atomic E-state index is 12.1. The average Bonchev–Trinajstić information content (AvgIpc) is 3.41. The van der Waals surface area contributed by atoms with Gasteiger partial charge < -0.3 is 28.5 Å². The van der Waals surface area contributed by atoms with Crippen LogP contribution in [-0.4, -0.2) is 70.3 Å². The predicted octanol–water partition coefficient (Wildman–Crippen LogP) is 7.10. The molecule has 1 aliphatic heterocycles. The van der Waals surface area contributed by atoms with Crippen molar-refractivity contribution in [3.8, 4) is 0 Å². The quantitative estimate of drug-likeness (QED) is 0.331. The molecule has 0 aromatic heterocycles. The van der Waals surface area contributed by atoms with Crippen LogP contribution in [0.25, 0.3) is 0 Å². The third-order valence-electron chi connectivity index (χ3n) is 13.9. The molecule has 2 N–H and O–H groups in total. The Kier molecular flexibility index (Phi) is 8.03. The zero-order valence-electron chi connectivity index (χ0n) is 28.3. The number of aliphatic hydroxyl groups excluding tert-OH is 2. The maximum absolute atomic E-state index is 12.1. The van der Waals surface area contributed by atoms with Crippen molar-refractivity contribution >= 4 is 16.6 Å². The minimum atomic E-state index is -2.14. The van der Waals surface area contributed by atoms with Crippen LogP contribution in [0, 0.1) is 34.5 Å². The van der Waals surface area contributed by atoms with Gasteiger partial charge in [0.05, 0.1) is 25.4 Å². The highest BCUT2D eigenvalue weighted by atomic mass is 28.4. The van der Waals surface area contributed by atoms with Gasteiger partial charge in [0.25, 0.3) is 0 Å². The lowest BCUT2D eigenvalue weighted by Gasteiger charge is -2.66. The lowest BCUT2D eigenvalue weighted by atomic mass is 9.42. The van der Waals surface area contributed by atoms with Gasteiger partial charge in [0.2, 0.25) is 0 Å². The van der Waals surface area contributed by atoms with E-state index in [0.717, 1.165) is 38.5 Å². The van der Waals surface area contributed by atoms with Crippen LogP contribution < -0.4 is 0 Å². The van der Waals surface area contributed by atoms with Crippen LogP contribution in [0.2, 0.25) is 36.3 Å². The fourth-order valence-corrected chi connectivity index (χ4v) is 12.3. The third-order valence-corrected chi connectivity index (χ3v) is 23.0. The molecule has 1 saturated heterocycles. The van der Waals surface area contributed by atoms with Crippen molar-refractivity contribution in [1.29, 1.82) is 0 Å². The monoisotopic (exact) mass is 610 g/mol. The number of fused-ring (bicyclic) bond motifs is 6. The van der Waals surface area contributed by atoms with E-state index in [1.807, 2.05) is 0 Å². The molecule has 0 unspecified atom stereocenters. The number of hydrogen-bond acceptors (Lipinski definition) is 6. The van der Waals surface area contributed by atoms with Gasteiger partial charge in [0.1, 0.15) is 0 Å². The summed E-state index contributed by atoms with van der Waals surface area (Å²) >= 11 is 0. The summed E-state index contributed by atoms with van der Waals surface area (Å²) in [4.78, 5) is 0. The van der Waals surface area contributed by atoms with Crippen molar-refractivity contribution in [3.05, 3.63) is 0 Å². The Hall–Kier alpha value is 0.194. The van der Waals surface area contributed by atoms with E-state index in [1.165, 1.54) is 0 Å². The molecule has 5 rings (SSSR count). The van der Waals surface area contributed by atoms with Crippen LogP contribution in [0.4, 0.5) is 0 Å². The Morgan fingerprint density at radius 2 is 1.32 bits per heavy atom. The lowest BCUT2D eigenvalue weighted by molar-refractivity contribution is -0.287. The highest BCUT2D eigenvalue weighted by Gasteiger charge is 2.73. The van der Waals surface area contributed by atoms with Crippen molar-refractivity contribution in [1.82, 2.24) is 0 Å². The molecule has 0 aromatic carbocycles. The second-order valence-electron chi connectivity index (χ2n) is 18.1. The fourth-order valence-electron chi connectivity index (χ4n) is 9.55. The molecule has 41 heavy (non-hydrogen) atoms. The van der Waals surface area contributed by atoms with Crippen LogP contribution >= 0.6 is 0 Å². The predicted molar refractivity (Wildman–Crippen MR) is 169 cm³/mol. The number of ether oxygens (including phenoxy) is 2. The fraction of sp³-hybridized carbons (Fsp3) is 1.00. The summed E-state index contributed by atoms with van der Waals surface area (Å²) in [5.41, 5.74) is -0.387. The molecule has 10 atom stereocenters. The molecule has 0 radical (unpaired) electrons. The van der Waals surface area contributed by atoms with Crippen molar-refractivity contribution in [3.63, 3.8) is 0 Å².